The zero-order valence-electron chi connectivity index (χ0n) is 14.3. The van der Waals surface area contributed by atoms with Gasteiger partial charge in [0.15, 0.2) is 5.78 Å². The Morgan fingerprint density at radius 1 is 1.04 bits per heavy atom. The molecule has 2 aromatic rings. The Kier molecular flexibility index (Phi) is 7.02. The lowest BCUT2D eigenvalue weighted by molar-refractivity contribution is -0.144. The minimum atomic E-state index is -0.297. The van der Waals surface area contributed by atoms with Gasteiger partial charge >= 0.3 is 5.97 Å². The number of esters is 1. The van der Waals surface area contributed by atoms with Crippen molar-refractivity contribution >= 4 is 23.4 Å². The molecular formula is C20H21ClO4. The minimum absolute atomic E-state index is 0.0217. The quantitative estimate of drug-likeness (QED) is 0.514. The maximum absolute atomic E-state index is 12.3. The van der Waals surface area contributed by atoms with E-state index in [1.54, 1.807) is 50.2 Å². The Morgan fingerprint density at radius 3 is 2.28 bits per heavy atom. The van der Waals surface area contributed by atoms with E-state index in [0.29, 0.717) is 29.4 Å². The lowest BCUT2D eigenvalue weighted by Gasteiger charge is -2.14. The van der Waals surface area contributed by atoms with Crippen LogP contribution in [0.1, 0.15) is 36.2 Å². The first-order valence-electron chi connectivity index (χ1n) is 8.18. The number of Topliss-reactive ketones (excluding diaryl/α,β-unsaturated/α-hetero) is 1. The summed E-state index contributed by atoms with van der Waals surface area (Å²) in [6, 6.07) is 14.1. The summed E-state index contributed by atoms with van der Waals surface area (Å²) < 4.78 is 10.6. The molecule has 1 unspecified atom stereocenters. The second-order valence-electron chi connectivity index (χ2n) is 5.69. The summed E-state index contributed by atoms with van der Waals surface area (Å²) >= 11 is 5.85. The highest BCUT2D eigenvalue weighted by Crippen LogP contribution is 2.17. The van der Waals surface area contributed by atoms with E-state index in [2.05, 4.69) is 0 Å². The smallest absolute Gasteiger partial charge is 0.309 e. The van der Waals surface area contributed by atoms with E-state index in [9.17, 15) is 9.59 Å². The molecule has 0 aromatic heterocycles. The van der Waals surface area contributed by atoms with E-state index in [1.165, 1.54) is 0 Å². The van der Waals surface area contributed by atoms with Crippen molar-refractivity contribution in [2.24, 2.45) is 0 Å². The van der Waals surface area contributed by atoms with Gasteiger partial charge in [0.05, 0.1) is 13.0 Å². The number of benzene rings is 2. The van der Waals surface area contributed by atoms with E-state index >= 15 is 0 Å². The lowest BCUT2D eigenvalue weighted by atomic mass is 10.0. The molecule has 5 heteroatoms. The molecule has 0 spiro atoms. The summed E-state index contributed by atoms with van der Waals surface area (Å²) in [5.74, 6) is 0.345. The van der Waals surface area contributed by atoms with Crippen LogP contribution in [0.25, 0.3) is 0 Å². The topological polar surface area (TPSA) is 52.6 Å². The second-order valence-corrected chi connectivity index (χ2v) is 6.12. The number of carbonyl (C=O) groups excluding carboxylic acids is 2. The highest BCUT2D eigenvalue weighted by atomic mass is 35.5. The first-order chi connectivity index (χ1) is 12.0. The number of ether oxygens (including phenoxy) is 2. The van der Waals surface area contributed by atoms with Crippen molar-refractivity contribution in [1.29, 1.82) is 0 Å². The summed E-state index contributed by atoms with van der Waals surface area (Å²) in [6.07, 6.45) is 0.205. The van der Waals surface area contributed by atoms with Gasteiger partial charge in [-0.05, 0) is 55.8 Å². The van der Waals surface area contributed by atoms with E-state index in [1.807, 2.05) is 12.1 Å². The fourth-order valence-corrected chi connectivity index (χ4v) is 2.46. The Morgan fingerprint density at radius 2 is 1.68 bits per heavy atom. The monoisotopic (exact) mass is 360 g/mol. The largest absolute Gasteiger partial charge is 0.490 e. The third-order valence-electron chi connectivity index (χ3n) is 3.55. The van der Waals surface area contributed by atoms with E-state index in [4.69, 9.17) is 21.1 Å². The summed E-state index contributed by atoms with van der Waals surface area (Å²) in [5.41, 5.74) is 1.53. The molecular weight excluding hydrogens is 340 g/mol. The molecule has 25 heavy (non-hydrogen) atoms. The summed E-state index contributed by atoms with van der Waals surface area (Å²) in [5, 5.41) is 0.648. The number of hydrogen-bond acceptors (Lipinski definition) is 4. The van der Waals surface area contributed by atoms with Crippen LogP contribution in [0.5, 0.6) is 5.75 Å². The Labute approximate surface area is 152 Å². The molecule has 0 bridgehead atoms. The van der Waals surface area contributed by atoms with Gasteiger partial charge in [0.1, 0.15) is 11.9 Å². The molecule has 0 radical (unpaired) electrons. The number of carbonyl (C=O) groups is 2. The summed E-state index contributed by atoms with van der Waals surface area (Å²) in [4.78, 5) is 23.7. The molecule has 1 atom stereocenters. The van der Waals surface area contributed by atoms with Crippen molar-refractivity contribution in [3.05, 3.63) is 64.7 Å². The van der Waals surface area contributed by atoms with Crippen LogP contribution in [0.2, 0.25) is 5.02 Å². The van der Waals surface area contributed by atoms with Crippen LogP contribution in [0.4, 0.5) is 0 Å². The van der Waals surface area contributed by atoms with Crippen LogP contribution in [-0.2, 0) is 16.0 Å². The second kappa shape index (κ2) is 9.23. The highest BCUT2D eigenvalue weighted by Gasteiger charge is 2.12. The Hall–Kier alpha value is -2.33. The molecule has 2 rings (SSSR count). The van der Waals surface area contributed by atoms with Gasteiger partial charge in [-0.2, -0.15) is 0 Å². The maximum atomic E-state index is 12.3. The molecule has 0 aliphatic carbocycles. The molecule has 0 saturated carbocycles. The number of ketones is 1. The summed E-state index contributed by atoms with van der Waals surface area (Å²) in [7, 11) is 0. The SMILES string of the molecule is CCOC(=O)CC(C)Oc1ccc(C(=O)Cc2ccc(Cl)cc2)cc1. The van der Waals surface area contributed by atoms with Gasteiger partial charge in [0.25, 0.3) is 0 Å². The molecule has 0 saturated heterocycles. The van der Waals surface area contributed by atoms with Crippen molar-refractivity contribution in [3.8, 4) is 5.75 Å². The molecule has 2 aromatic carbocycles. The molecule has 4 nitrogen and oxygen atoms in total. The van der Waals surface area contributed by atoms with Crippen molar-refractivity contribution in [1.82, 2.24) is 0 Å². The number of hydrogen-bond donors (Lipinski definition) is 0. The zero-order valence-corrected chi connectivity index (χ0v) is 15.1. The van der Waals surface area contributed by atoms with Gasteiger partial charge in [-0.15, -0.1) is 0 Å². The van der Waals surface area contributed by atoms with Crippen LogP contribution in [0, 0.1) is 0 Å². The first kappa shape index (κ1) is 19.0. The van der Waals surface area contributed by atoms with Crippen molar-refractivity contribution in [2.45, 2.75) is 32.8 Å². The third kappa shape index (κ3) is 6.24. The van der Waals surface area contributed by atoms with Gasteiger partial charge in [0, 0.05) is 17.0 Å². The van der Waals surface area contributed by atoms with Gasteiger partial charge in [-0.1, -0.05) is 23.7 Å². The van der Waals surface area contributed by atoms with Crippen LogP contribution in [0.15, 0.2) is 48.5 Å². The number of halogens is 1. The van der Waals surface area contributed by atoms with Crippen LogP contribution in [-0.4, -0.2) is 24.5 Å². The average molecular weight is 361 g/mol. The average Bonchev–Trinajstić information content (AvgIpc) is 2.57. The predicted octanol–water partition coefficient (Wildman–Crippen LogP) is 4.49. The van der Waals surface area contributed by atoms with Gasteiger partial charge in [-0.3, -0.25) is 9.59 Å². The van der Waals surface area contributed by atoms with E-state index in [0.717, 1.165) is 5.56 Å². The zero-order chi connectivity index (χ0) is 18.2. The van der Waals surface area contributed by atoms with Gasteiger partial charge in [0.2, 0.25) is 0 Å². The number of rotatable bonds is 8. The molecule has 0 N–H and O–H groups in total. The minimum Gasteiger partial charge on any atom is -0.490 e. The van der Waals surface area contributed by atoms with Crippen molar-refractivity contribution in [2.75, 3.05) is 6.61 Å². The van der Waals surface area contributed by atoms with Crippen molar-refractivity contribution in [3.63, 3.8) is 0 Å². The van der Waals surface area contributed by atoms with Crippen LogP contribution < -0.4 is 4.74 Å². The van der Waals surface area contributed by atoms with Gasteiger partial charge < -0.3 is 9.47 Å². The van der Waals surface area contributed by atoms with Crippen LogP contribution in [0.3, 0.4) is 0 Å². The van der Waals surface area contributed by atoms with E-state index in [-0.39, 0.29) is 24.3 Å². The van der Waals surface area contributed by atoms with E-state index < -0.39 is 0 Å². The third-order valence-corrected chi connectivity index (χ3v) is 3.80. The molecule has 0 amide bonds. The fourth-order valence-electron chi connectivity index (χ4n) is 2.34. The maximum Gasteiger partial charge on any atom is 0.309 e. The predicted molar refractivity (Wildman–Crippen MR) is 97.3 cm³/mol. The lowest BCUT2D eigenvalue weighted by Crippen LogP contribution is -2.18. The highest BCUT2D eigenvalue weighted by molar-refractivity contribution is 6.30. The molecule has 0 fully saturated rings. The normalized spacial score (nSPS) is 11.6. The molecule has 132 valence electrons. The summed E-state index contributed by atoms with van der Waals surface area (Å²) in [6.45, 7) is 3.93. The standard InChI is InChI=1S/C20H21ClO4/c1-3-24-20(23)12-14(2)25-18-10-6-16(7-11-18)19(22)13-15-4-8-17(21)9-5-15/h4-11,14H,3,12-13H2,1-2H3. The Balaban J connectivity index is 1.91. The van der Waals surface area contributed by atoms with Gasteiger partial charge in [-0.25, -0.2) is 0 Å². The molecule has 0 aliphatic rings. The fraction of sp³-hybridized carbons (Fsp3) is 0.300. The van der Waals surface area contributed by atoms with Crippen molar-refractivity contribution < 1.29 is 19.1 Å². The molecule has 0 heterocycles. The Bertz CT molecular complexity index is 707. The first-order valence-corrected chi connectivity index (χ1v) is 8.55. The van der Waals surface area contributed by atoms with Crippen LogP contribution >= 0.6 is 11.6 Å². The molecule has 0 aliphatic heterocycles.